The minimum atomic E-state index is -0.0575. The van der Waals surface area contributed by atoms with Gasteiger partial charge < -0.3 is 0 Å². The monoisotopic (exact) mass is 272 g/mol. The zero-order chi connectivity index (χ0) is 13.6. The highest BCUT2D eigenvalue weighted by Gasteiger charge is 2.23. The van der Waals surface area contributed by atoms with E-state index in [1.807, 2.05) is 4.52 Å². The summed E-state index contributed by atoms with van der Waals surface area (Å²) in [5, 5.41) is 14.1. The SMILES string of the molecule is Cc1ccc(-c2nn3c(C(C)(C)C)nnc3s2)cc1. The molecule has 4 nitrogen and oxygen atoms in total. The molecule has 0 amide bonds. The van der Waals surface area contributed by atoms with Gasteiger partial charge in [-0.05, 0) is 6.92 Å². The van der Waals surface area contributed by atoms with Crippen LogP contribution in [0.1, 0.15) is 32.2 Å². The van der Waals surface area contributed by atoms with Crippen molar-refractivity contribution < 1.29 is 0 Å². The Morgan fingerprint density at radius 2 is 1.74 bits per heavy atom. The molecule has 0 bridgehead atoms. The van der Waals surface area contributed by atoms with Gasteiger partial charge in [0, 0.05) is 11.0 Å². The fourth-order valence-corrected chi connectivity index (χ4v) is 2.74. The first-order chi connectivity index (χ1) is 8.95. The number of aromatic nitrogens is 4. The number of fused-ring (bicyclic) bond motifs is 1. The first-order valence-electron chi connectivity index (χ1n) is 6.25. The van der Waals surface area contributed by atoms with Gasteiger partial charge in [-0.15, -0.1) is 10.2 Å². The highest BCUT2D eigenvalue weighted by atomic mass is 32.1. The average molecular weight is 272 g/mol. The number of aryl methyl sites for hydroxylation is 1. The Morgan fingerprint density at radius 3 is 2.37 bits per heavy atom. The molecule has 19 heavy (non-hydrogen) atoms. The maximum absolute atomic E-state index is 4.65. The number of hydrogen-bond acceptors (Lipinski definition) is 4. The van der Waals surface area contributed by atoms with Crippen LogP contribution in [0.3, 0.4) is 0 Å². The molecular weight excluding hydrogens is 256 g/mol. The van der Waals surface area contributed by atoms with E-state index in [1.54, 1.807) is 11.3 Å². The van der Waals surface area contributed by atoms with Gasteiger partial charge >= 0.3 is 0 Å². The van der Waals surface area contributed by atoms with Crippen molar-refractivity contribution in [2.45, 2.75) is 33.1 Å². The Hall–Kier alpha value is -1.75. The summed E-state index contributed by atoms with van der Waals surface area (Å²) in [5.41, 5.74) is 2.32. The summed E-state index contributed by atoms with van der Waals surface area (Å²) in [6.45, 7) is 8.44. The maximum atomic E-state index is 4.65. The second kappa shape index (κ2) is 4.13. The summed E-state index contributed by atoms with van der Waals surface area (Å²) in [4.78, 5) is 0.848. The molecule has 1 aromatic carbocycles. The van der Waals surface area contributed by atoms with Crippen molar-refractivity contribution in [1.82, 2.24) is 19.8 Å². The van der Waals surface area contributed by atoms with E-state index in [0.717, 1.165) is 21.4 Å². The quantitative estimate of drug-likeness (QED) is 0.681. The van der Waals surface area contributed by atoms with Crippen LogP contribution in [0.15, 0.2) is 24.3 Å². The Morgan fingerprint density at radius 1 is 1.05 bits per heavy atom. The molecule has 98 valence electrons. The van der Waals surface area contributed by atoms with E-state index in [4.69, 9.17) is 0 Å². The summed E-state index contributed by atoms with van der Waals surface area (Å²) in [6, 6.07) is 8.39. The Bertz CT molecular complexity index is 716. The molecule has 0 saturated heterocycles. The molecule has 0 saturated carbocycles. The van der Waals surface area contributed by atoms with Crippen molar-refractivity contribution in [2.75, 3.05) is 0 Å². The lowest BCUT2D eigenvalue weighted by atomic mass is 9.96. The van der Waals surface area contributed by atoms with E-state index in [9.17, 15) is 0 Å². The van der Waals surface area contributed by atoms with Crippen LogP contribution < -0.4 is 0 Å². The number of nitrogens with zero attached hydrogens (tertiary/aromatic N) is 4. The smallest absolute Gasteiger partial charge is 0.186 e. The zero-order valence-corrected chi connectivity index (χ0v) is 12.3. The lowest BCUT2D eigenvalue weighted by Gasteiger charge is -2.13. The molecule has 0 atom stereocenters. The molecular formula is C14H16N4S. The molecule has 0 aliphatic heterocycles. The first kappa shape index (κ1) is 12.3. The van der Waals surface area contributed by atoms with Gasteiger partial charge in [0.2, 0.25) is 4.96 Å². The van der Waals surface area contributed by atoms with Crippen molar-refractivity contribution in [3.8, 4) is 10.6 Å². The Kier molecular flexibility index (Phi) is 2.67. The van der Waals surface area contributed by atoms with Gasteiger partial charge in [0.15, 0.2) is 5.82 Å². The van der Waals surface area contributed by atoms with Gasteiger partial charge in [-0.2, -0.15) is 9.61 Å². The minimum absolute atomic E-state index is 0.0575. The second-order valence-electron chi connectivity index (χ2n) is 5.74. The summed E-state index contributed by atoms with van der Waals surface area (Å²) >= 11 is 1.57. The predicted molar refractivity (Wildman–Crippen MR) is 77.5 cm³/mol. The fourth-order valence-electron chi connectivity index (χ4n) is 1.90. The fraction of sp³-hybridized carbons (Fsp3) is 0.357. The third-order valence-corrected chi connectivity index (χ3v) is 3.91. The van der Waals surface area contributed by atoms with Crippen molar-refractivity contribution in [2.24, 2.45) is 0 Å². The summed E-state index contributed by atoms with van der Waals surface area (Å²) in [5.74, 6) is 0.900. The van der Waals surface area contributed by atoms with E-state index in [0.29, 0.717) is 0 Å². The molecule has 3 aromatic rings. The molecule has 0 aliphatic rings. The predicted octanol–water partition coefficient (Wildman–Crippen LogP) is 3.46. The molecule has 0 radical (unpaired) electrons. The first-order valence-corrected chi connectivity index (χ1v) is 7.06. The number of hydrogen-bond donors (Lipinski definition) is 0. The molecule has 5 heteroatoms. The van der Waals surface area contributed by atoms with Crippen LogP contribution in [0.2, 0.25) is 0 Å². The van der Waals surface area contributed by atoms with Gasteiger partial charge in [0.25, 0.3) is 0 Å². The van der Waals surface area contributed by atoms with Crippen LogP contribution in [0, 0.1) is 6.92 Å². The van der Waals surface area contributed by atoms with E-state index in [-0.39, 0.29) is 5.41 Å². The normalized spacial score (nSPS) is 12.2. The van der Waals surface area contributed by atoms with Crippen molar-refractivity contribution in [3.63, 3.8) is 0 Å². The maximum Gasteiger partial charge on any atom is 0.235 e. The molecule has 0 N–H and O–H groups in total. The summed E-state index contributed by atoms with van der Waals surface area (Å²) < 4.78 is 1.86. The molecule has 3 rings (SSSR count). The molecule has 0 aliphatic carbocycles. The lowest BCUT2D eigenvalue weighted by molar-refractivity contribution is 0.528. The standard InChI is InChI=1S/C14H16N4S/c1-9-5-7-10(8-6-9)11-17-18-12(14(2,3)4)15-16-13(18)19-11/h5-8H,1-4H3. The largest absolute Gasteiger partial charge is 0.235 e. The van der Waals surface area contributed by atoms with E-state index < -0.39 is 0 Å². The number of benzene rings is 1. The molecule has 2 heterocycles. The third kappa shape index (κ3) is 2.14. The third-order valence-electron chi connectivity index (χ3n) is 2.96. The van der Waals surface area contributed by atoms with Crippen molar-refractivity contribution in [3.05, 3.63) is 35.7 Å². The topological polar surface area (TPSA) is 43.1 Å². The number of rotatable bonds is 1. The van der Waals surface area contributed by atoms with Crippen LogP contribution in [0.5, 0.6) is 0 Å². The molecule has 0 unspecified atom stereocenters. The van der Waals surface area contributed by atoms with Crippen LogP contribution >= 0.6 is 11.3 Å². The van der Waals surface area contributed by atoms with Gasteiger partial charge in [-0.3, -0.25) is 0 Å². The van der Waals surface area contributed by atoms with Crippen LogP contribution in [-0.2, 0) is 5.41 Å². The van der Waals surface area contributed by atoms with Crippen LogP contribution in [0.4, 0.5) is 0 Å². The van der Waals surface area contributed by atoms with Gasteiger partial charge in [-0.1, -0.05) is 61.9 Å². The van der Waals surface area contributed by atoms with E-state index in [1.165, 1.54) is 5.56 Å². The van der Waals surface area contributed by atoms with Gasteiger partial charge in [0.1, 0.15) is 5.01 Å². The van der Waals surface area contributed by atoms with Crippen LogP contribution in [0.25, 0.3) is 15.5 Å². The van der Waals surface area contributed by atoms with Crippen LogP contribution in [-0.4, -0.2) is 19.8 Å². The average Bonchev–Trinajstić information content (AvgIpc) is 2.87. The Labute approximate surface area is 116 Å². The van der Waals surface area contributed by atoms with Gasteiger partial charge in [0.05, 0.1) is 0 Å². The van der Waals surface area contributed by atoms with Crippen molar-refractivity contribution >= 4 is 16.3 Å². The van der Waals surface area contributed by atoms with Crippen molar-refractivity contribution in [1.29, 1.82) is 0 Å². The summed E-state index contributed by atoms with van der Waals surface area (Å²) in [6.07, 6.45) is 0. The zero-order valence-electron chi connectivity index (χ0n) is 11.5. The minimum Gasteiger partial charge on any atom is -0.186 e. The van der Waals surface area contributed by atoms with Gasteiger partial charge in [-0.25, -0.2) is 0 Å². The molecule has 0 spiro atoms. The highest BCUT2D eigenvalue weighted by molar-refractivity contribution is 7.19. The second-order valence-corrected chi connectivity index (χ2v) is 6.70. The Balaban J connectivity index is 2.12. The highest BCUT2D eigenvalue weighted by Crippen LogP contribution is 2.28. The molecule has 2 aromatic heterocycles. The molecule has 0 fully saturated rings. The summed E-state index contributed by atoms with van der Waals surface area (Å²) in [7, 11) is 0. The lowest BCUT2D eigenvalue weighted by Crippen LogP contribution is -2.16. The van der Waals surface area contributed by atoms with E-state index >= 15 is 0 Å². The van der Waals surface area contributed by atoms with E-state index in [2.05, 4.69) is 67.3 Å².